The number of hydrogen-bond acceptors (Lipinski definition) is 3. The topological polar surface area (TPSA) is 66.6 Å². The minimum absolute atomic E-state index is 0.00599. The standard InChI is InChI=1S/C15H22N2O2/c1-11-5-4-8-13(14(11)16)15(19)17(9-10-18)12-6-2-3-7-12/h4-5,8,12,18H,2-3,6-7,9-10,16H2,1H3. The van der Waals surface area contributed by atoms with Gasteiger partial charge in [0.15, 0.2) is 0 Å². The van der Waals surface area contributed by atoms with Crippen molar-refractivity contribution < 1.29 is 9.90 Å². The average Bonchev–Trinajstić information content (AvgIpc) is 2.92. The zero-order chi connectivity index (χ0) is 13.8. The summed E-state index contributed by atoms with van der Waals surface area (Å²) < 4.78 is 0. The monoisotopic (exact) mass is 262 g/mol. The van der Waals surface area contributed by atoms with Crippen LogP contribution in [0.5, 0.6) is 0 Å². The highest BCUT2D eigenvalue weighted by Gasteiger charge is 2.28. The molecule has 0 spiro atoms. The molecule has 0 atom stereocenters. The summed E-state index contributed by atoms with van der Waals surface area (Å²) in [5.74, 6) is -0.0536. The molecule has 1 aliphatic rings. The molecule has 1 aromatic rings. The van der Waals surface area contributed by atoms with Gasteiger partial charge in [0.1, 0.15) is 0 Å². The third-order valence-electron chi connectivity index (χ3n) is 3.92. The smallest absolute Gasteiger partial charge is 0.256 e. The second-order valence-corrected chi connectivity index (χ2v) is 5.20. The average molecular weight is 262 g/mol. The van der Waals surface area contributed by atoms with Gasteiger partial charge in [-0.15, -0.1) is 0 Å². The number of nitrogen functional groups attached to an aromatic ring is 1. The molecule has 104 valence electrons. The first-order chi connectivity index (χ1) is 9.15. The van der Waals surface area contributed by atoms with Crippen molar-refractivity contribution in [3.05, 3.63) is 29.3 Å². The molecule has 0 saturated heterocycles. The van der Waals surface area contributed by atoms with E-state index in [1.165, 1.54) is 0 Å². The van der Waals surface area contributed by atoms with E-state index in [2.05, 4.69) is 0 Å². The van der Waals surface area contributed by atoms with Gasteiger partial charge in [0.05, 0.1) is 12.2 Å². The summed E-state index contributed by atoms with van der Waals surface area (Å²) in [6.45, 7) is 2.28. The molecule has 1 amide bonds. The molecular weight excluding hydrogens is 240 g/mol. The van der Waals surface area contributed by atoms with Gasteiger partial charge in [-0.05, 0) is 31.4 Å². The third-order valence-corrected chi connectivity index (χ3v) is 3.92. The number of carbonyl (C=O) groups excluding carboxylic acids is 1. The maximum atomic E-state index is 12.6. The number of nitrogens with two attached hydrogens (primary N) is 1. The Bertz CT molecular complexity index is 453. The lowest BCUT2D eigenvalue weighted by Crippen LogP contribution is -2.41. The highest BCUT2D eigenvalue weighted by molar-refractivity contribution is 5.99. The highest BCUT2D eigenvalue weighted by atomic mass is 16.3. The molecule has 0 bridgehead atoms. The fraction of sp³-hybridized carbons (Fsp3) is 0.533. The molecule has 19 heavy (non-hydrogen) atoms. The fourth-order valence-corrected chi connectivity index (χ4v) is 2.80. The molecule has 1 saturated carbocycles. The molecule has 0 aromatic heterocycles. The summed E-state index contributed by atoms with van der Waals surface area (Å²) in [6, 6.07) is 5.77. The quantitative estimate of drug-likeness (QED) is 0.815. The number of anilines is 1. The number of carbonyl (C=O) groups is 1. The summed E-state index contributed by atoms with van der Waals surface area (Å²) in [7, 11) is 0. The van der Waals surface area contributed by atoms with Gasteiger partial charge in [-0.2, -0.15) is 0 Å². The number of nitrogens with zero attached hydrogens (tertiary/aromatic N) is 1. The second-order valence-electron chi connectivity index (χ2n) is 5.20. The fourth-order valence-electron chi connectivity index (χ4n) is 2.80. The Kier molecular flexibility index (Phi) is 4.43. The van der Waals surface area contributed by atoms with Crippen LogP contribution in [0.1, 0.15) is 41.6 Å². The zero-order valence-electron chi connectivity index (χ0n) is 11.4. The Morgan fingerprint density at radius 2 is 2.11 bits per heavy atom. The van der Waals surface area contributed by atoms with E-state index in [-0.39, 0.29) is 18.6 Å². The number of aliphatic hydroxyl groups excluding tert-OH is 1. The normalized spacial score (nSPS) is 15.7. The van der Waals surface area contributed by atoms with Crippen LogP contribution in [0.25, 0.3) is 0 Å². The van der Waals surface area contributed by atoms with Gasteiger partial charge in [0.25, 0.3) is 5.91 Å². The molecule has 4 nitrogen and oxygen atoms in total. The van der Waals surface area contributed by atoms with Gasteiger partial charge in [-0.25, -0.2) is 0 Å². The summed E-state index contributed by atoms with van der Waals surface area (Å²) in [6.07, 6.45) is 4.36. The predicted octanol–water partition coefficient (Wildman–Crippen LogP) is 1.95. The van der Waals surface area contributed by atoms with Crippen LogP contribution in [0.3, 0.4) is 0 Å². The van der Waals surface area contributed by atoms with E-state index >= 15 is 0 Å². The van der Waals surface area contributed by atoms with Crippen molar-refractivity contribution in [2.45, 2.75) is 38.6 Å². The van der Waals surface area contributed by atoms with Crippen molar-refractivity contribution in [1.29, 1.82) is 0 Å². The van der Waals surface area contributed by atoms with E-state index < -0.39 is 0 Å². The molecule has 0 unspecified atom stereocenters. The lowest BCUT2D eigenvalue weighted by Gasteiger charge is -2.29. The lowest BCUT2D eigenvalue weighted by atomic mass is 10.1. The molecule has 1 aromatic carbocycles. The van der Waals surface area contributed by atoms with Gasteiger partial charge < -0.3 is 15.7 Å². The minimum Gasteiger partial charge on any atom is -0.398 e. The predicted molar refractivity (Wildman–Crippen MR) is 76.0 cm³/mol. The first kappa shape index (κ1) is 13.9. The maximum Gasteiger partial charge on any atom is 0.256 e. The SMILES string of the molecule is Cc1cccc(C(=O)N(CCO)C2CCCC2)c1N. The number of aliphatic hydroxyl groups is 1. The van der Waals surface area contributed by atoms with Crippen molar-refractivity contribution in [2.75, 3.05) is 18.9 Å². The molecule has 1 aliphatic carbocycles. The molecule has 1 fully saturated rings. The highest BCUT2D eigenvalue weighted by Crippen LogP contribution is 2.26. The number of rotatable bonds is 4. The van der Waals surface area contributed by atoms with Crippen molar-refractivity contribution >= 4 is 11.6 Å². The number of benzene rings is 1. The largest absolute Gasteiger partial charge is 0.398 e. The summed E-state index contributed by atoms with van der Waals surface area (Å²) >= 11 is 0. The van der Waals surface area contributed by atoms with E-state index in [0.717, 1.165) is 31.2 Å². The first-order valence-electron chi connectivity index (χ1n) is 6.92. The first-order valence-corrected chi connectivity index (χ1v) is 6.92. The van der Waals surface area contributed by atoms with Gasteiger partial charge in [-0.1, -0.05) is 25.0 Å². The molecular formula is C15H22N2O2. The zero-order valence-corrected chi connectivity index (χ0v) is 11.4. The van der Waals surface area contributed by atoms with Crippen LogP contribution in [0.4, 0.5) is 5.69 Å². The number of amides is 1. The molecule has 4 heteroatoms. The van der Waals surface area contributed by atoms with Crippen LogP contribution in [-0.2, 0) is 0 Å². The van der Waals surface area contributed by atoms with Crippen molar-refractivity contribution in [3.8, 4) is 0 Å². The van der Waals surface area contributed by atoms with E-state index in [9.17, 15) is 9.90 Å². The van der Waals surface area contributed by atoms with Crippen LogP contribution in [0, 0.1) is 6.92 Å². The van der Waals surface area contributed by atoms with Crippen molar-refractivity contribution in [3.63, 3.8) is 0 Å². The second kappa shape index (κ2) is 6.06. The van der Waals surface area contributed by atoms with E-state index in [1.807, 2.05) is 19.1 Å². The summed E-state index contributed by atoms with van der Waals surface area (Å²) in [4.78, 5) is 14.4. The van der Waals surface area contributed by atoms with Gasteiger partial charge in [0, 0.05) is 18.3 Å². The van der Waals surface area contributed by atoms with Crippen LogP contribution < -0.4 is 5.73 Å². The molecule has 3 N–H and O–H groups in total. The number of aryl methyl sites for hydroxylation is 1. The van der Waals surface area contributed by atoms with E-state index in [0.29, 0.717) is 17.8 Å². The van der Waals surface area contributed by atoms with Crippen LogP contribution in [-0.4, -0.2) is 35.1 Å². The van der Waals surface area contributed by atoms with E-state index in [1.54, 1.807) is 11.0 Å². The number of para-hydroxylation sites is 1. The lowest BCUT2D eigenvalue weighted by molar-refractivity contribution is 0.0639. The summed E-state index contributed by atoms with van der Waals surface area (Å²) in [5, 5.41) is 9.19. The Labute approximate surface area is 114 Å². The molecule has 0 heterocycles. The van der Waals surface area contributed by atoms with Gasteiger partial charge in [0.2, 0.25) is 0 Å². The number of hydrogen-bond donors (Lipinski definition) is 2. The van der Waals surface area contributed by atoms with Gasteiger partial charge >= 0.3 is 0 Å². The van der Waals surface area contributed by atoms with E-state index in [4.69, 9.17) is 5.73 Å². The third kappa shape index (κ3) is 2.89. The molecule has 2 rings (SSSR count). The molecule has 0 radical (unpaired) electrons. The summed E-state index contributed by atoms with van der Waals surface area (Å²) in [5.41, 5.74) is 8.03. The Morgan fingerprint density at radius 1 is 1.42 bits per heavy atom. The Balaban J connectivity index is 2.25. The maximum absolute atomic E-state index is 12.6. The Morgan fingerprint density at radius 3 is 2.74 bits per heavy atom. The molecule has 0 aliphatic heterocycles. The van der Waals surface area contributed by atoms with Crippen molar-refractivity contribution in [2.24, 2.45) is 0 Å². The van der Waals surface area contributed by atoms with Crippen LogP contribution >= 0.6 is 0 Å². The van der Waals surface area contributed by atoms with Crippen molar-refractivity contribution in [1.82, 2.24) is 4.90 Å². The Hall–Kier alpha value is -1.55. The van der Waals surface area contributed by atoms with Gasteiger partial charge in [-0.3, -0.25) is 4.79 Å². The van der Waals surface area contributed by atoms with Crippen LogP contribution in [0.15, 0.2) is 18.2 Å². The minimum atomic E-state index is -0.0536. The van der Waals surface area contributed by atoms with Crippen LogP contribution in [0.2, 0.25) is 0 Å².